The highest BCUT2D eigenvalue weighted by molar-refractivity contribution is 7.89. The average Bonchev–Trinajstić information content (AvgIpc) is 3.21. The summed E-state index contributed by atoms with van der Waals surface area (Å²) < 4.78 is 29.5. The van der Waals surface area contributed by atoms with Crippen molar-refractivity contribution in [2.45, 2.75) is 30.7 Å². The lowest BCUT2D eigenvalue weighted by molar-refractivity contribution is 0.580. The number of nitrogens with zero attached hydrogens (tertiary/aromatic N) is 2. The molecule has 0 amide bonds. The average molecular weight is 333 g/mol. The summed E-state index contributed by atoms with van der Waals surface area (Å²) in [5, 5.41) is 1.92. The maximum absolute atomic E-state index is 12.5. The van der Waals surface area contributed by atoms with Crippen LogP contribution in [0, 0.1) is 0 Å². The Morgan fingerprint density at radius 3 is 3.05 bits per heavy atom. The van der Waals surface area contributed by atoms with Crippen LogP contribution in [0.1, 0.15) is 23.2 Å². The molecule has 0 fully saturated rings. The molecule has 22 heavy (non-hydrogen) atoms. The first-order chi connectivity index (χ1) is 10.6. The molecular weight excluding hydrogens is 318 g/mol. The lowest BCUT2D eigenvalue weighted by atomic mass is 10.1. The SMILES string of the molecule is O=S(=O)(NCc1csc2nccn12)c1ccc2c(c1)CCC2. The van der Waals surface area contributed by atoms with Gasteiger partial charge in [-0.25, -0.2) is 18.1 Å². The van der Waals surface area contributed by atoms with E-state index in [9.17, 15) is 8.42 Å². The normalized spacial score (nSPS) is 14.5. The van der Waals surface area contributed by atoms with Crippen molar-refractivity contribution in [3.05, 3.63) is 52.8 Å². The lowest BCUT2D eigenvalue weighted by Gasteiger charge is -2.08. The summed E-state index contributed by atoms with van der Waals surface area (Å²) in [5.41, 5.74) is 3.33. The van der Waals surface area contributed by atoms with Gasteiger partial charge in [-0.1, -0.05) is 6.07 Å². The first kappa shape index (κ1) is 13.9. The molecule has 1 N–H and O–H groups in total. The molecule has 0 unspecified atom stereocenters. The molecule has 0 radical (unpaired) electrons. The van der Waals surface area contributed by atoms with Crippen LogP contribution in [0.3, 0.4) is 0 Å². The quantitative estimate of drug-likeness (QED) is 0.797. The third-order valence-corrected chi connectivity index (χ3v) is 6.34. The molecule has 7 heteroatoms. The summed E-state index contributed by atoms with van der Waals surface area (Å²) in [5.74, 6) is 0. The maximum atomic E-state index is 12.5. The summed E-state index contributed by atoms with van der Waals surface area (Å²) in [6.07, 6.45) is 6.68. The molecule has 0 saturated carbocycles. The first-order valence-electron chi connectivity index (χ1n) is 7.14. The molecule has 0 bridgehead atoms. The predicted molar refractivity (Wildman–Crippen MR) is 85.6 cm³/mol. The van der Waals surface area contributed by atoms with E-state index in [2.05, 4.69) is 9.71 Å². The molecule has 0 atom stereocenters. The molecule has 5 nitrogen and oxygen atoms in total. The molecule has 2 heterocycles. The van der Waals surface area contributed by atoms with E-state index in [0.29, 0.717) is 4.90 Å². The summed E-state index contributed by atoms with van der Waals surface area (Å²) in [4.78, 5) is 5.40. The van der Waals surface area contributed by atoms with Gasteiger partial charge in [-0.15, -0.1) is 11.3 Å². The zero-order valence-electron chi connectivity index (χ0n) is 11.8. The predicted octanol–water partition coefficient (Wildman–Crippen LogP) is 2.36. The zero-order chi connectivity index (χ0) is 15.2. The number of sulfonamides is 1. The fourth-order valence-corrected chi connectivity index (χ4v) is 4.77. The van der Waals surface area contributed by atoms with Crippen LogP contribution in [-0.2, 0) is 29.4 Å². The number of hydrogen-bond donors (Lipinski definition) is 1. The van der Waals surface area contributed by atoms with Crippen LogP contribution >= 0.6 is 11.3 Å². The summed E-state index contributed by atoms with van der Waals surface area (Å²) in [6, 6.07) is 5.45. The third kappa shape index (κ3) is 2.35. The van der Waals surface area contributed by atoms with E-state index in [4.69, 9.17) is 0 Å². The fourth-order valence-electron chi connectivity index (χ4n) is 2.87. The molecule has 1 aliphatic carbocycles. The number of aromatic nitrogens is 2. The Hall–Kier alpha value is -1.70. The van der Waals surface area contributed by atoms with E-state index in [-0.39, 0.29) is 6.54 Å². The lowest BCUT2D eigenvalue weighted by Crippen LogP contribution is -2.24. The Balaban J connectivity index is 1.58. The molecular formula is C15H15N3O2S2. The maximum Gasteiger partial charge on any atom is 0.240 e. The molecule has 1 aliphatic rings. The highest BCUT2D eigenvalue weighted by Crippen LogP contribution is 2.25. The number of imidazole rings is 1. The van der Waals surface area contributed by atoms with Crippen LogP contribution in [0.2, 0.25) is 0 Å². The zero-order valence-corrected chi connectivity index (χ0v) is 13.5. The van der Waals surface area contributed by atoms with Crippen molar-refractivity contribution in [1.29, 1.82) is 0 Å². The van der Waals surface area contributed by atoms with E-state index in [1.165, 1.54) is 16.9 Å². The van der Waals surface area contributed by atoms with Crippen molar-refractivity contribution in [2.24, 2.45) is 0 Å². The topological polar surface area (TPSA) is 63.5 Å². The standard InChI is InChI=1S/C15H15N3O2S2/c19-22(20,14-5-4-11-2-1-3-12(11)8-14)17-9-13-10-21-15-16-6-7-18(13)15/h4-8,10,17H,1-3,9H2. The van der Waals surface area contributed by atoms with Gasteiger partial charge in [-0.2, -0.15) is 0 Å². The van der Waals surface area contributed by atoms with Gasteiger partial charge >= 0.3 is 0 Å². The monoisotopic (exact) mass is 333 g/mol. The summed E-state index contributed by atoms with van der Waals surface area (Å²) in [7, 11) is -3.49. The van der Waals surface area contributed by atoms with Crippen LogP contribution in [0.15, 0.2) is 40.9 Å². The molecule has 0 saturated heterocycles. The van der Waals surface area contributed by atoms with Crippen molar-refractivity contribution in [3.8, 4) is 0 Å². The van der Waals surface area contributed by atoms with Gasteiger partial charge in [0.05, 0.1) is 11.4 Å². The Morgan fingerprint density at radius 2 is 2.14 bits per heavy atom. The molecule has 114 valence electrons. The second kappa shape index (κ2) is 5.19. The van der Waals surface area contributed by atoms with Crippen LogP contribution in [0.25, 0.3) is 4.96 Å². The van der Waals surface area contributed by atoms with Crippen molar-refractivity contribution < 1.29 is 8.42 Å². The van der Waals surface area contributed by atoms with Gasteiger partial charge < -0.3 is 0 Å². The van der Waals surface area contributed by atoms with E-state index in [1.807, 2.05) is 28.1 Å². The van der Waals surface area contributed by atoms with E-state index < -0.39 is 10.0 Å². The number of nitrogens with one attached hydrogen (secondary N) is 1. The Bertz CT molecular complexity index is 941. The Kier molecular flexibility index (Phi) is 3.28. The van der Waals surface area contributed by atoms with Crippen LogP contribution < -0.4 is 4.72 Å². The molecule has 2 aromatic heterocycles. The molecule has 4 rings (SSSR count). The Labute approximate surface area is 132 Å². The fraction of sp³-hybridized carbons (Fsp3) is 0.267. The number of benzene rings is 1. The minimum atomic E-state index is -3.49. The third-order valence-electron chi connectivity index (χ3n) is 4.04. The second-order valence-corrected chi connectivity index (χ2v) is 8.02. The minimum Gasteiger partial charge on any atom is -0.293 e. The molecule has 1 aromatic carbocycles. The van der Waals surface area contributed by atoms with E-state index in [1.54, 1.807) is 12.3 Å². The van der Waals surface area contributed by atoms with Crippen LogP contribution in [-0.4, -0.2) is 17.8 Å². The van der Waals surface area contributed by atoms with Gasteiger partial charge in [-0.3, -0.25) is 4.40 Å². The first-order valence-corrected chi connectivity index (χ1v) is 9.51. The van der Waals surface area contributed by atoms with Gasteiger partial charge in [0.15, 0.2) is 4.96 Å². The van der Waals surface area contributed by atoms with Gasteiger partial charge in [0, 0.05) is 23.5 Å². The van der Waals surface area contributed by atoms with Gasteiger partial charge in [-0.05, 0) is 42.5 Å². The van der Waals surface area contributed by atoms with Crippen molar-refractivity contribution in [3.63, 3.8) is 0 Å². The summed E-state index contributed by atoms with van der Waals surface area (Å²) >= 11 is 1.50. The number of hydrogen-bond acceptors (Lipinski definition) is 4. The number of thiazole rings is 1. The van der Waals surface area contributed by atoms with Gasteiger partial charge in [0.25, 0.3) is 0 Å². The van der Waals surface area contributed by atoms with Crippen LogP contribution in [0.4, 0.5) is 0 Å². The van der Waals surface area contributed by atoms with Gasteiger partial charge in [0.2, 0.25) is 10.0 Å². The van der Waals surface area contributed by atoms with Crippen molar-refractivity contribution >= 4 is 26.3 Å². The van der Waals surface area contributed by atoms with Crippen LogP contribution in [0.5, 0.6) is 0 Å². The largest absolute Gasteiger partial charge is 0.293 e. The highest BCUT2D eigenvalue weighted by Gasteiger charge is 2.18. The minimum absolute atomic E-state index is 0.260. The van der Waals surface area contributed by atoms with E-state index >= 15 is 0 Å². The Morgan fingerprint density at radius 1 is 1.27 bits per heavy atom. The number of rotatable bonds is 4. The second-order valence-electron chi connectivity index (χ2n) is 5.42. The number of aryl methyl sites for hydroxylation is 2. The number of fused-ring (bicyclic) bond motifs is 2. The highest BCUT2D eigenvalue weighted by atomic mass is 32.2. The molecule has 3 aromatic rings. The molecule has 0 spiro atoms. The van der Waals surface area contributed by atoms with Crippen molar-refractivity contribution in [1.82, 2.24) is 14.1 Å². The molecule has 0 aliphatic heterocycles. The smallest absolute Gasteiger partial charge is 0.240 e. The van der Waals surface area contributed by atoms with E-state index in [0.717, 1.165) is 35.5 Å². The van der Waals surface area contributed by atoms with Gasteiger partial charge in [0.1, 0.15) is 0 Å². The van der Waals surface area contributed by atoms with Crippen molar-refractivity contribution in [2.75, 3.05) is 0 Å². The summed E-state index contributed by atoms with van der Waals surface area (Å²) in [6.45, 7) is 0.260.